The number of carbonyl (C=O) groups is 1. The van der Waals surface area contributed by atoms with Crippen LogP contribution in [0.3, 0.4) is 0 Å². The van der Waals surface area contributed by atoms with Gasteiger partial charge < -0.3 is 10.4 Å². The molecule has 7 nitrogen and oxygen atoms in total. The van der Waals surface area contributed by atoms with E-state index in [9.17, 15) is 14.9 Å². The molecule has 1 saturated carbocycles. The van der Waals surface area contributed by atoms with Crippen LogP contribution in [0, 0.1) is 16.0 Å². The number of pyridine rings is 1. The molecular formula is C12H15N3O4. The minimum absolute atomic E-state index is 0.0968. The lowest BCUT2D eigenvalue weighted by Gasteiger charge is -2.15. The molecule has 1 aromatic heterocycles. The van der Waals surface area contributed by atoms with E-state index in [1.807, 2.05) is 6.92 Å². The summed E-state index contributed by atoms with van der Waals surface area (Å²) in [5.41, 5.74) is -0.491. The van der Waals surface area contributed by atoms with Crippen molar-refractivity contribution in [3.63, 3.8) is 0 Å². The van der Waals surface area contributed by atoms with E-state index in [2.05, 4.69) is 10.3 Å². The maximum atomic E-state index is 11.1. The van der Waals surface area contributed by atoms with Crippen LogP contribution in [-0.4, -0.2) is 27.0 Å². The molecule has 2 rings (SSSR count). The van der Waals surface area contributed by atoms with Crippen molar-refractivity contribution in [1.82, 2.24) is 4.98 Å². The van der Waals surface area contributed by atoms with E-state index < -0.39 is 10.9 Å². The second kappa shape index (κ2) is 5.21. The summed E-state index contributed by atoms with van der Waals surface area (Å²) in [4.78, 5) is 24.9. The highest BCUT2D eigenvalue weighted by Crippen LogP contribution is 2.34. The van der Waals surface area contributed by atoms with Gasteiger partial charge in [-0.05, 0) is 19.3 Å². The van der Waals surface area contributed by atoms with Gasteiger partial charge in [0.15, 0.2) is 0 Å². The fourth-order valence-electron chi connectivity index (χ4n) is 1.98. The zero-order valence-corrected chi connectivity index (χ0v) is 10.5. The summed E-state index contributed by atoms with van der Waals surface area (Å²) in [7, 11) is 0. The van der Waals surface area contributed by atoms with Gasteiger partial charge in [0.25, 0.3) is 5.69 Å². The standard InChI is InChI=1S/C12H15N3O4/c1-7(4-8-2-3-8)14-11-10(12(16)17)5-9(6-13-11)15(18)19/h5-8H,2-4H2,1H3,(H,13,14)(H,16,17). The predicted molar refractivity (Wildman–Crippen MR) is 68.3 cm³/mol. The normalized spacial score (nSPS) is 15.8. The molecule has 19 heavy (non-hydrogen) atoms. The fourth-order valence-corrected chi connectivity index (χ4v) is 1.98. The highest BCUT2D eigenvalue weighted by Gasteiger charge is 2.25. The van der Waals surface area contributed by atoms with Crippen LogP contribution in [0.1, 0.15) is 36.5 Å². The molecule has 2 N–H and O–H groups in total. The van der Waals surface area contributed by atoms with Crippen molar-refractivity contribution in [2.75, 3.05) is 5.32 Å². The molecule has 1 aromatic rings. The van der Waals surface area contributed by atoms with Crippen LogP contribution in [-0.2, 0) is 0 Å². The number of nitrogens with one attached hydrogen (secondary N) is 1. The average molecular weight is 265 g/mol. The van der Waals surface area contributed by atoms with E-state index in [1.54, 1.807) is 0 Å². The Kier molecular flexibility index (Phi) is 3.64. The lowest BCUT2D eigenvalue weighted by Crippen LogP contribution is -2.19. The molecule has 1 fully saturated rings. The molecule has 102 valence electrons. The first-order chi connectivity index (χ1) is 8.97. The predicted octanol–water partition coefficient (Wildman–Crippen LogP) is 2.29. The Morgan fingerprint density at radius 2 is 2.37 bits per heavy atom. The molecule has 0 aromatic carbocycles. The summed E-state index contributed by atoms with van der Waals surface area (Å²) in [5.74, 6) is -0.336. The van der Waals surface area contributed by atoms with Crippen LogP contribution in [0.4, 0.5) is 11.5 Å². The number of nitro groups is 1. The lowest BCUT2D eigenvalue weighted by molar-refractivity contribution is -0.385. The molecule has 1 heterocycles. The Morgan fingerprint density at radius 3 is 2.89 bits per heavy atom. The van der Waals surface area contributed by atoms with Gasteiger partial charge in [-0.3, -0.25) is 10.1 Å². The Morgan fingerprint density at radius 1 is 1.68 bits per heavy atom. The molecular weight excluding hydrogens is 250 g/mol. The van der Waals surface area contributed by atoms with E-state index in [-0.39, 0.29) is 23.1 Å². The molecule has 7 heteroatoms. The Balaban J connectivity index is 2.17. The molecule has 0 amide bonds. The number of aromatic carboxylic acids is 1. The van der Waals surface area contributed by atoms with Gasteiger partial charge in [-0.15, -0.1) is 0 Å². The maximum absolute atomic E-state index is 11.1. The monoisotopic (exact) mass is 265 g/mol. The summed E-state index contributed by atoms with van der Waals surface area (Å²) >= 11 is 0. The number of carboxylic acid groups (broad SMARTS) is 1. The third kappa shape index (κ3) is 3.40. The first kappa shape index (κ1) is 13.3. The van der Waals surface area contributed by atoms with Gasteiger partial charge in [-0.2, -0.15) is 0 Å². The zero-order valence-electron chi connectivity index (χ0n) is 10.5. The van der Waals surface area contributed by atoms with Crippen LogP contribution < -0.4 is 5.32 Å². The number of aromatic nitrogens is 1. The minimum atomic E-state index is -1.22. The first-order valence-electron chi connectivity index (χ1n) is 6.11. The summed E-state index contributed by atoms with van der Waals surface area (Å²) in [6.07, 6.45) is 4.45. The third-order valence-corrected chi connectivity index (χ3v) is 3.08. The topological polar surface area (TPSA) is 105 Å². The number of hydrogen-bond acceptors (Lipinski definition) is 5. The van der Waals surface area contributed by atoms with Crippen molar-refractivity contribution in [3.05, 3.63) is 27.9 Å². The summed E-state index contributed by atoms with van der Waals surface area (Å²) in [6.45, 7) is 1.95. The van der Waals surface area contributed by atoms with Crippen molar-refractivity contribution in [1.29, 1.82) is 0 Å². The summed E-state index contributed by atoms with van der Waals surface area (Å²) < 4.78 is 0. The van der Waals surface area contributed by atoms with Crippen molar-refractivity contribution in [2.24, 2.45) is 5.92 Å². The minimum Gasteiger partial charge on any atom is -0.478 e. The van der Waals surface area contributed by atoms with E-state index in [0.29, 0.717) is 5.92 Å². The van der Waals surface area contributed by atoms with Crippen LogP contribution in [0.25, 0.3) is 0 Å². The lowest BCUT2D eigenvalue weighted by atomic mass is 10.1. The van der Waals surface area contributed by atoms with Crippen molar-refractivity contribution in [2.45, 2.75) is 32.2 Å². The van der Waals surface area contributed by atoms with Crippen LogP contribution in [0.5, 0.6) is 0 Å². The molecule has 0 aliphatic heterocycles. The van der Waals surface area contributed by atoms with Crippen molar-refractivity contribution >= 4 is 17.5 Å². The van der Waals surface area contributed by atoms with E-state index in [1.165, 1.54) is 12.8 Å². The van der Waals surface area contributed by atoms with Gasteiger partial charge in [0.2, 0.25) is 0 Å². The third-order valence-electron chi connectivity index (χ3n) is 3.08. The number of carboxylic acids is 1. The van der Waals surface area contributed by atoms with Crippen LogP contribution in [0.2, 0.25) is 0 Å². The van der Waals surface area contributed by atoms with Gasteiger partial charge >= 0.3 is 5.97 Å². The van der Waals surface area contributed by atoms with Crippen molar-refractivity contribution in [3.8, 4) is 0 Å². The molecule has 0 spiro atoms. The van der Waals surface area contributed by atoms with E-state index in [0.717, 1.165) is 18.7 Å². The number of hydrogen-bond donors (Lipinski definition) is 2. The quantitative estimate of drug-likeness (QED) is 0.603. The maximum Gasteiger partial charge on any atom is 0.339 e. The fraction of sp³-hybridized carbons (Fsp3) is 0.500. The second-order valence-electron chi connectivity index (χ2n) is 4.88. The smallest absolute Gasteiger partial charge is 0.339 e. The molecule has 1 aliphatic rings. The average Bonchev–Trinajstić information content (AvgIpc) is 3.12. The number of anilines is 1. The number of nitrogens with zero attached hydrogens (tertiary/aromatic N) is 2. The summed E-state index contributed by atoms with van der Waals surface area (Å²) in [6, 6.07) is 1.13. The molecule has 1 atom stereocenters. The molecule has 0 bridgehead atoms. The van der Waals surface area contributed by atoms with Gasteiger partial charge in [0.1, 0.15) is 17.6 Å². The Bertz CT molecular complexity index is 514. The Hall–Kier alpha value is -2.18. The van der Waals surface area contributed by atoms with E-state index >= 15 is 0 Å². The SMILES string of the molecule is CC(CC1CC1)Nc1ncc([N+](=O)[O-])cc1C(=O)O. The van der Waals surface area contributed by atoms with Crippen LogP contribution >= 0.6 is 0 Å². The molecule has 1 aliphatic carbocycles. The zero-order chi connectivity index (χ0) is 14.0. The highest BCUT2D eigenvalue weighted by atomic mass is 16.6. The first-order valence-corrected chi connectivity index (χ1v) is 6.11. The molecule has 0 radical (unpaired) electrons. The molecule has 0 saturated heterocycles. The second-order valence-corrected chi connectivity index (χ2v) is 4.88. The highest BCUT2D eigenvalue weighted by molar-refractivity contribution is 5.93. The van der Waals surface area contributed by atoms with E-state index in [4.69, 9.17) is 5.11 Å². The number of rotatable bonds is 6. The van der Waals surface area contributed by atoms with Gasteiger partial charge in [-0.25, -0.2) is 9.78 Å². The van der Waals surface area contributed by atoms with Gasteiger partial charge in [-0.1, -0.05) is 12.8 Å². The van der Waals surface area contributed by atoms with Crippen LogP contribution in [0.15, 0.2) is 12.3 Å². The van der Waals surface area contributed by atoms with Gasteiger partial charge in [0.05, 0.1) is 4.92 Å². The summed E-state index contributed by atoms with van der Waals surface area (Å²) in [5, 5.41) is 22.7. The largest absolute Gasteiger partial charge is 0.478 e. The molecule has 1 unspecified atom stereocenters. The van der Waals surface area contributed by atoms with Crippen molar-refractivity contribution < 1.29 is 14.8 Å². The Labute approximate surface area is 109 Å². The van der Waals surface area contributed by atoms with Gasteiger partial charge in [0, 0.05) is 12.1 Å².